The minimum atomic E-state index is -0.132. The molecular weight excluding hydrogens is 218 g/mol. The number of benzene rings is 1. The number of aldehydes is 1. The maximum absolute atomic E-state index is 10.6. The fourth-order valence-corrected chi connectivity index (χ4v) is 1.20. The predicted molar refractivity (Wildman–Crippen MR) is 63.9 cm³/mol. The van der Waals surface area contributed by atoms with Gasteiger partial charge in [-0.05, 0) is 18.2 Å². The van der Waals surface area contributed by atoms with Crippen LogP contribution in [0.15, 0.2) is 18.2 Å². The third-order valence-corrected chi connectivity index (χ3v) is 2.01. The van der Waals surface area contributed by atoms with Crippen LogP contribution in [-0.4, -0.2) is 25.8 Å². The normalized spacial score (nSPS) is 8.82. The number of methoxy groups -OCH3 is 1. The molecule has 4 nitrogen and oxygen atoms in total. The van der Waals surface area contributed by atoms with Crippen LogP contribution in [0.5, 0.6) is 5.75 Å². The van der Waals surface area contributed by atoms with Gasteiger partial charge in [-0.1, -0.05) is 11.8 Å². The molecule has 1 rings (SSSR count). The fourth-order valence-electron chi connectivity index (χ4n) is 1.20. The molecule has 4 heteroatoms. The molecule has 0 saturated carbocycles. The number of amides is 1. The van der Waals surface area contributed by atoms with E-state index in [1.165, 1.54) is 14.0 Å². The van der Waals surface area contributed by atoms with E-state index in [1.807, 2.05) is 0 Å². The van der Waals surface area contributed by atoms with Crippen LogP contribution in [0.2, 0.25) is 0 Å². The first-order chi connectivity index (χ1) is 8.17. The summed E-state index contributed by atoms with van der Waals surface area (Å²) in [5.41, 5.74) is 1.16. The molecule has 0 aliphatic carbocycles. The van der Waals surface area contributed by atoms with Gasteiger partial charge < -0.3 is 10.1 Å². The summed E-state index contributed by atoms with van der Waals surface area (Å²) in [4.78, 5) is 21.3. The van der Waals surface area contributed by atoms with Gasteiger partial charge in [0.1, 0.15) is 12.0 Å². The van der Waals surface area contributed by atoms with Gasteiger partial charge in [-0.25, -0.2) is 0 Å². The van der Waals surface area contributed by atoms with Gasteiger partial charge in [0.05, 0.1) is 19.2 Å². The van der Waals surface area contributed by atoms with Gasteiger partial charge in [0, 0.05) is 12.5 Å². The van der Waals surface area contributed by atoms with Crippen LogP contribution in [0, 0.1) is 11.8 Å². The molecule has 0 fully saturated rings. The lowest BCUT2D eigenvalue weighted by Gasteiger charge is -2.03. The predicted octanol–water partition coefficient (Wildman–Crippen LogP) is 0.995. The fraction of sp³-hybridized carbons (Fsp3) is 0.231. The highest BCUT2D eigenvalue weighted by Crippen LogP contribution is 2.17. The third-order valence-electron chi connectivity index (χ3n) is 2.01. The summed E-state index contributed by atoms with van der Waals surface area (Å²) in [6.45, 7) is 1.69. The summed E-state index contributed by atoms with van der Waals surface area (Å²) in [5.74, 6) is 6.10. The van der Waals surface area contributed by atoms with Crippen molar-refractivity contribution in [3.8, 4) is 17.6 Å². The highest BCUT2D eigenvalue weighted by Gasteiger charge is 2.00. The summed E-state index contributed by atoms with van der Waals surface area (Å²) >= 11 is 0. The van der Waals surface area contributed by atoms with Crippen LogP contribution in [0.3, 0.4) is 0 Å². The second-order valence-corrected chi connectivity index (χ2v) is 3.29. The van der Waals surface area contributed by atoms with Crippen molar-refractivity contribution in [2.75, 3.05) is 13.7 Å². The maximum Gasteiger partial charge on any atom is 0.217 e. The Kier molecular flexibility index (Phi) is 4.77. The highest BCUT2D eigenvalue weighted by atomic mass is 16.5. The van der Waals surface area contributed by atoms with Crippen LogP contribution < -0.4 is 10.1 Å². The Morgan fingerprint density at radius 3 is 2.88 bits per heavy atom. The van der Waals surface area contributed by atoms with E-state index in [4.69, 9.17) is 4.74 Å². The summed E-state index contributed by atoms with van der Waals surface area (Å²) < 4.78 is 5.12. The van der Waals surface area contributed by atoms with Gasteiger partial charge in [-0.3, -0.25) is 9.59 Å². The lowest BCUT2D eigenvalue weighted by atomic mass is 10.1. The van der Waals surface area contributed by atoms with Crippen molar-refractivity contribution in [1.29, 1.82) is 0 Å². The lowest BCUT2D eigenvalue weighted by molar-refractivity contribution is -0.118. The molecule has 17 heavy (non-hydrogen) atoms. The number of carbonyl (C=O) groups excluding carboxylic acids is 2. The molecule has 1 amide bonds. The largest absolute Gasteiger partial charge is 0.495 e. The van der Waals surface area contributed by atoms with E-state index in [-0.39, 0.29) is 12.5 Å². The number of hydrogen-bond donors (Lipinski definition) is 1. The molecule has 0 bridgehead atoms. The molecule has 0 saturated heterocycles. The van der Waals surface area contributed by atoms with Gasteiger partial charge in [0.2, 0.25) is 5.91 Å². The summed E-state index contributed by atoms with van der Waals surface area (Å²) in [6, 6.07) is 4.99. The van der Waals surface area contributed by atoms with Gasteiger partial charge in [0.25, 0.3) is 0 Å². The molecule has 1 aromatic carbocycles. The average Bonchev–Trinajstić information content (AvgIpc) is 2.34. The van der Waals surface area contributed by atoms with Gasteiger partial charge in [-0.2, -0.15) is 0 Å². The van der Waals surface area contributed by atoms with E-state index in [1.54, 1.807) is 18.2 Å². The number of nitrogens with one attached hydrogen (secondary N) is 1. The summed E-state index contributed by atoms with van der Waals surface area (Å²) in [5, 5.41) is 2.56. The molecule has 0 unspecified atom stereocenters. The number of carbonyl (C=O) groups is 2. The van der Waals surface area contributed by atoms with Crippen LogP contribution >= 0.6 is 0 Å². The average molecular weight is 231 g/mol. The van der Waals surface area contributed by atoms with Crippen molar-refractivity contribution in [3.05, 3.63) is 29.3 Å². The van der Waals surface area contributed by atoms with Gasteiger partial charge in [-0.15, -0.1) is 0 Å². The first kappa shape index (κ1) is 12.8. The zero-order valence-electron chi connectivity index (χ0n) is 9.74. The van der Waals surface area contributed by atoms with Gasteiger partial charge in [0.15, 0.2) is 0 Å². The smallest absolute Gasteiger partial charge is 0.217 e. The van der Waals surface area contributed by atoms with E-state index in [2.05, 4.69) is 17.2 Å². The lowest BCUT2D eigenvalue weighted by Crippen LogP contribution is -2.19. The highest BCUT2D eigenvalue weighted by molar-refractivity contribution is 5.76. The topological polar surface area (TPSA) is 55.4 Å². The van der Waals surface area contributed by atoms with Crippen molar-refractivity contribution in [2.24, 2.45) is 0 Å². The van der Waals surface area contributed by atoms with Crippen molar-refractivity contribution in [1.82, 2.24) is 5.32 Å². The standard InChI is InChI=1S/C13H13NO3/c1-10(16)14-7-3-4-12-8-11(9-15)5-6-13(12)17-2/h5-6,8-9H,7H2,1-2H3,(H,14,16). The van der Waals surface area contributed by atoms with E-state index in [0.29, 0.717) is 16.9 Å². The van der Waals surface area contributed by atoms with E-state index < -0.39 is 0 Å². The first-order valence-corrected chi connectivity index (χ1v) is 5.04. The summed E-state index contributed by atoms with van der Waals surface area (Å²) in [6.07, 6.45) is 0.748. The molecule has 0 aliphatic heterocycles. The second kappa shape index (κ2) is 6.33. The van der Waals surface area contributed by atoms with Crippen molar-refractivity contribution in [3.63, 3.8) is 0 Å². The van der Waals surface area contributed by atoms with E-state index in [0.717, 1.165) is 6.29 Å². The van der Waals surface area contributed by atoms with Crippen molar-refractivity contribution in [2.45, 2.75) is 6.92 Å². The molecule has 0 aromatic heterocycles. The Morgan fingerprint density at radius 1 is 1.53 bits per heavy atom. The molecule has 1 aromatic rings. The summed E-state index contributed by atoms with van der Waals surface area (Å²) in [7, 11) is 1.54. The number of ether oxygens (including phenoxy) is 1. The van der Waals surface area contributed by atoms with Crippen molar-refractivity contribution >= 4 is 12.2 Å². The Bertz CT molecular complexity index is 483. The molecular formula is C13H13NO3. The van der Waals surface area contributed by atoms with Gasteiger partial charge >= 0.3 is 0 Å². The molecule has 0 spiro atoms. The monoisotopic (exact) mass is 231 g/mol. The zero-order valence-corrected chi connectivity index (χ0v) is 9.74. The van der Waals surface area contributed by atoms with E-state index >= 15 is 0 Å². The molecule has 0 heterocycles. The minimum Gasteiger partial charge on any atom is -0.495 e. The number of hydrogen-bond acceptors (Lipinski definition) is 3. The van der Waals surface area contributed by atoms with Crippen LogP contribution in [0.25, 0.3) is 0 Å². The second-order valence-electron chi connectivity index (χ2n) is 3.29. The van der Waals surface area contributed by atoms with Crippen molar-refractivity contribution < 1.29 is 14.3 Å². The van der Waals surface area contributed by atoms with E-state index in [9.17, 15) is 9.59 Å². The maximum atomic E-state index is 10.6. The molecule has 0 aliphatic rings. The Labute approximate surface area is 100.0 Å². The van der Waals surface area contributed by atoms with Crippen LogP contribution in [-0.2, 0) is 4.79 Å². The third kappa shape index (κ3) is 3.99. The Hall–Kier alpha value is -2.28. The first-order valence-electron chi connectivity index (χ1n) is 5.04. The SMILES string of the molecule is COc1ccc(C=O)cc1C#CCNC(C)=O. The Morgan fingerprint density at radius 2 is 2.29 bits per heavy atom. The molecule has 1 N–H and O–H groups in total. The quantitative estimate of drug-likeness (QED) is 0.623. The van der Waals surface area contributed by atoms with Crippen LogP contribution in [0.4, 0.5) is 0 Å². The zero-order chi connectivity index (χ0) is 12.7. The molecule has 88 valence electrons. The molecule has 0 atom stereocenters. The van der Waals surface area contributed by atoms with Crippen LogP contribution in [0.1, 0.15) is 22.8 Å². The molecule has 0 radical (unpaired) electrons. The Balaban J connectivity index is 2.87. The number of rotatable bonds is 3. The minimum absolute atomic E-state index is 0.132.